The second-order valence-corrected chi connectivity index (χ2v) is 12.4. The molecule has 1 aromatic heterocycles. The lowest BCUT2D eigenvalue weighted by Gasteiger charge is -2.35. The Morgan fingerprint density at radius 2 is 1.92 bits per heavy atom. The fourth-order valence-electron chi connectivity index (χ4n) is 4.99. The van der Waals surface area contributed by atoms with Crippen molar-refractivity contribution in [3.05, 3.63) is 64.8 Å². The SMILES string of the molecule is Cc1ncsc1-c1ccc(CNC(=O)[C@@H]2C[C@@H](O)CN2C(=O)[C@@H](NC(=O)C2=CC(C)CC=C2)C(C)(C)C)cc1. The zero-order chi connectivity index (χ0) is 28.3. The number of hydrogen-bond acceptors (Lipinski definition) is 6. The number of hydrogen-bond donors (Lipinski definition) is 3. The molecule has 1 aromatic carbocycles. The molecule has 8 nitrogen and oxygen atoms in total. The summed E-state index contributed by atoms with van der Waals surface area (Å²) in [5.41, 5.74) is 4.73. The molecular weight excluding hydrogens is 512 g/mol. The van der Waals surface area contributed by atoms with Crippen molar-refractivity contribution in [3.8, 4) is 10.4 Å². The van der Waals surface area contributed by atoms with E-state index in [-0.39, 0.29) is 36.6 Å². The van der Waals surface area contributed by atoms with Crippen LogP contribution in [0.3, 0.4) is 0 Å². The van der Waals surface area contributed by atoms with Gasteiger partial charge >= 0.3 is 0 Å². The Hall–Kier alpha value is -3.30. The van der Waals surface area contributed by atoms with E-state index in [1.54, 1.807) is 17.4 Å². The van der Waals surface area contributed by atoms with Crippen molar-refractivity contribution >= 4 is 29.1 Å². The van der Waals surface area contributed by atoms with Gasteiger partial charge in [0.1, 0.15) is 12.1 Å². The number of amides is 3. The number of carbonyl (C=O) groups is 3. The number of nitrogens with zero attached hydrogens (tertiary/aromatic N) is 2. The number of carbonyl (C=O) groups excluding carboxylic acids is 3. The molecule has 1 aliphatic heterocycles. The number of aromatic nitrogens is 1. The minimum absolute atomic E-state index is 0.0436. The van der Waals surface area contributed by atoms with E-state index in [1.807, 2.05) is 76.5 Å². The molecule has 2 aliphatic rings. The summed E-state index contributed by atoms with van der Waals surface area (Å²) in [5.74, 6) is -0.767. The van der Waals surface area contributed by atoms with Crippen molar-refractivity contribution < 1.29 is 19.5 Å². The van der Waals surface area contributed by atoms with E-state index in [9.17, 15) is 19.5 Å². The Labute approximate surface area is 234 Å². The Morgan fingerprint density at radius 3 is 2.54 bits per heavy atom. The van der Waals surface area contributed by atoms with Gasteiger partial charge in [-0.15, -0.1) is 11.3 Å². The number of nitrogens with one attached hydrogen (secondary N) is 2. The fourth-order valence-corrected chi connectivity index (χ4v) is 5.80. The van der Waals surface area contributed by atoms with Crippen LogP contribution in [0.2, 0.25) is 0 Å². The normalized spacial score (nSPS) is 21.8. The highest BCUT2D eigenvalue weighted by atomic mass is 32.1. The molecule has 9 heteroatoms. The first-order chi connectivity index (χ1) is 18.4. The molecule has 39 heavy (non-hydrogen) atoms. The predicted molar refractivity (Wildman–Crippen MR) is 153 cm³/mol. The highest BCUT2D eigenvalue weighted by Gasteiger charge is 2.44. The van der Waals surface area contributed by atoms with Crippen LogP contribution in [0, 0.1) is 18.3 Å². The zero-order valence-electron chi connectivity index (χ0n) is 23.2. The van der Waals surface area contributed by atoms with Gasteiger partial charge in [-0.1, -0.05) is 70.2 Å². The quantitative estimate of drug-likeness (QED) is 0.486. The average molecular weight is 551 g/mol. The molecule has 208 valence electrons. The average Bonchev–Trinajstić information content (AvgIpc) is 3.50. The molecule has 2 aromatic rings. The number of aryl methyl sites for hydroxylation is 1. The van der Waals surface area contributed by atoms with Crippen LogP contribution in [0.1, 0.15) is 51.8 Å². The van der Waals surface area contributed by atoms with Gasteiger partial charge in [-0.2, -0.15) is 0 Å². The molecule has 1 aliphatic carbocycles. The van der Waals surface area contributed by atoms with Gasteiger partial charge in [0, 0.05) is 25.1 Å². The molecule has 4 rings (SSSR count). The van der Waals surface area contributed by atoms with E-state index >= 15 is 0 Å². The summed E-state index contributed by atoms with van der Waals surface area (Å²) in [6, 6.07) is 6.25. The lowest BCUT2D eigenvalue weighted by atomic mass is 9.85. The van der Waals surface area contributed by atoms with Gasteiger partial charge in [-0.3, -0.25) is 14.4 Å². The minimum Gasteiger partial charge on any atom is -0.391 e. The fraction of sp³-hybridized carbons (Fsp3) is 0.467. The van der Waals surface area contributed by atoms with Crippen molar-refractivity contribution in [1.29, 1.82) is 0 Å². The number of aliphatic hydroxyl groups is 1. The first-order valence-electron chi connectivity index (χ1n) is 13.4. The third-order valence-corrected chi connectivity index (χ3v) is 8.19. The maximum absolute atomic E-state index is 13.8. The first kappa shape index (κ1) is 28.7. The molecule has 3 N–H and O–H groups in total. The van der Waals surface area contributed by atoms with Crippen LogP contribution in [0.5, 0.6) is 0 Å². The number of β-amino-alcohol motifs (C(OH)–C–C–N with tert-alkyl or cyclic N) is 1. The molecule has 2 heterocycles. The highest BCUT2D eigenvalue weighted by molar-refractivity contribution is 7.13. The maximum atomic E-state index is 13.8. The Balaban J connectivity index is 1.43. The number of allylic oxidation sites excluding steroid dienone is 2. The Kier molecular flexibility index (Phi) is 8.71. The smallest absolute Gasteiger partial charge is 0.251 e. The van der Waals surface area contributed by atoms with E-state index in [2.05, 4.69) is 15.6 Å². The van der Waals surface area contributed by atoms with E-state index < -0.39 is 23.6 Å². The summed E-state index contributed by atoms with van der Waals surface area (Å²) >= 11 is 1.59. The molecule has 1 fully saturated rings. The van der Waals surface area contributed by atoms with E-state index in [4.69, 9.17) is 0 Å². The largest absolute Gasteiger partial charge is 0.391 e. The monoisotopic (exact) mass is 550 g/mol. The lowest BCUT2D eigenvalue weighted by molar-refractivity contribution is -0.143. The van der Waals surface area contributed by atoms with Crippen LogP contribution in [-0.2, 0) is 20.9 Å². The third-order valence-electron chi connectivity index (χ3n) is 7.21. The van der Waals surface area contributed by atoms with Crippen molar-refractivity contribution in [2.45, 2.75) is 72.2 Å². The minimum atomic E-state index is -0.861. The van der Waals surface area contributed by atoms with Crippen molar-refractivity contribution in [2.75, 3.05) is 6.54 Å². The first-order valence-corrected chi connectivity index (χ1v) is 14.3. The molecule has 0 radical (unpaired) electrons. The summed E-state index contributed by atoms with van der Waals surface area (Å²) in [6.07, 6.45) is 5.85. The number of benzene rings is 1. The van der Waals surface area contributed by atoms with Crippen LogP contribution < -0.4 is 10.6 Å². The van der Waals surface area contributed by atoms with Crippen LogP contribution in [-0.4, -0.2) is 57.4 Å². The van der Waals surface area contributed by atoms with Crippen LogP contribution in [0.4, 0.5) is 0 Å². The summed E-state index contributed by atoms with van der Waals surface area (Å²) in [7, 11) is 0. The second kappa shape index (κ2) is 11.8. The summed E-state index contributed by atoms with van der Waals surface area (Å²) < 4.78 is 0. The van der Waals surface area contributed by atoms with Crippen LogP contribution in [0.15, 0.2) is 53.6 Å². The highest BCUT2D eigenvalue weighted by Crippen LogP contribution is 2.28. The third kappa shape index (κ3) is 6.83. The molecule has 0 saturated carbocycles. The van der Waals surface area contributed by atoms with Crippen LogP contribution >= 0.6 is 11.3 Å². The van der Waals surface area contributed by atoms with Crippen molar-refractivity contribution in [2.24, 2.45) is 11.3 Å². The number of aliphatic hydroxyl groups excluding tert-OH is 1. The molecule has 0 spiro atoms. The van der Waals surface area contributed by atoms with E-state index in [1.165, 1.54) is 4.90 Å². The molecule has 4 atom stereocenters. The molecule has 3 amide bonds. The van der Waals surface area contributed by atoms with Crippen molar-refractivity contribution in [3.63, 3.8) is 0 Å². The van der Waals surface area contributed by atoms with Gasteiger partial charge in [0.15, 0.2) is 0 Å². The molecule has 1 saturated heterocycles. The summed E-state index contributed by atoms with van der Waals surface area (Å²) in [5, 5.41) is 16.3. The van der Waals surface area contributed by atoms with Crippen LogP contribution in [0.25, 0.3) is 10.4 Å². The number of likely N-dealkylation sites (tertiary alicyclic amines) is 1. The zero-order valence-corrected chi connectivity index (χ0v) is 24.0. The van der Waals surface area contributed by atoms with Gasteiger partial charge in [0.25, 0.3) is 5.91 Å². The van der Waals surface area contributed by atoms with Crippen molar-refractivity contribution in [1.82, 2.24) is 20.5 Å². The van der Waals surface area contributed by atoms with E-state index in [0.29, 0.717) is 12.1 Å². The Morgan fingerprint density at radius 1 is 1.21 bits per heavy atom. The molecule has 0 bridgehead atoms. The number of thiazole rings is 1. The molecule has 1 unspecified atom stereocenters. The van der Waals surface area contributed by atoms with Gasteiger partial charge in [-0.25, -0.2) is 4.98 Å². The van der Waals surface area contributed by atoms with Gasteiger partial charge < -0.3 is 20.6 Å². The maximum Gasteiger partial charge on any atom is 0.251 e. The van der Waals surface area contributed by atoms with E-state index in [0.717, 1.165) is 28.1 Å². The topological polar surface area (TPSA) is 112 Å². The van der Waals surface area contributed by atoms with Gasteiger partial charge in [0.05, 0.1) is 22.2 Å². The standard InChI is InChI=1S/C30H38N4O4S/c1-18-7-6-8-22(13-18)27(36)33-26(30(3,4)5)29(38)34-16-23(35)14-24(34)28(37)31-15-20-9-11-21(12-10-20)25-19(2)32-17-39-25/h6,8-13,17-18,23-24,26,35H,7,14-16H2,1-5H3,(H,31,37)(H,33,36)/t18?,23-,24+,26-/m1/s1. The lowest BCUT2D eigenvalue weighted by Crippen LogP contribution is -2.57. The Bertz CT molecular complexity index is 1270. The van der Waals surface area contributed by atoms with Gasteiger partial charge in [0.2, 0.25) is 11.8 Å². The predicted octanol–water partition coefficient (Wildman–Crippen LogP) is 3.75. The number of rotatable bonds is 7. The second-order valence-electron chi connectivity index (χ2n) is 11.6. The summed E-state index contributed by atoms with van der Waals surface area (Å²) in [6.45, 7) is 9.99. The summed E-state index contributed by atoms with van der Waals surface area (Å²) in [4.78, 5) is 46.9. The molecular formula is C30H38N4O4S. The van der Waals surface area contributed by atoms with Gasteiger partial charge in [-0.05, 0) is 35.8 Å².